The van der Waals surface area contributed by atoms with Crippen molar-refractivity contribution in [3.63, 3.8) is 0 Å². The number of hydrogen-bond acceptors (Lipinski definition) is 7. The number of ether oxygens (including phenoxy) is 1. The summed E-state index contributed by atoms with van der Waals surface area (Å²) in [5.41, 5.74) is 13.7. The molecule has 2 rings (SSSR count). The van der Waals surface area contributed by atoms with Crippen molar-refractivity contribution in [1.29, 1.82) is 0 Å². The lowest BCUT2D eigenvalue weighted by Crippen LogP contribution is -2.61. The van der Waals surface area contributed by atoms with E-state index in [1.54, 1.807) is 45.2 Å². The van der Waals surface area contributed by atoms with E-state index in [1.165, 1.54) is 5.01 Å². The number of hydrogen-bond donors (Lipinski definition) is 3. The SMILES string of the molecule is COc1ccc(C(=O)NN2C(N)=NC(N)=NC2(C)C)cc1. The van der Waals surface area contributed by atoms with Crippen molar-refractivity contribution in [3.05, 3.63) is 29.8 Å². The Kier molecular flexibility index (Phi) is 3.70. The van der Waals surface area contributed by atoms with Gasteiger partial charge < -0.3 is 16.2 Å². The Labute approximate surface area is 122 Å². The van der Waals surface area contributed by atoms with Crippen molar-refractivity contribution in [2.75, 3.05) is 7.11 Å². The number of rotatable bonds is 3. The molecule has 0 unspecified atom stereocenters. The normalized spacial score (nSPS) is 16.8. The number of guanidine groups is 2. The number of methoxy groups -OCH3 is 1. The van der Waals surface area contributed by atoms with E-state index in [4.69, 9.17) is 16.2 Å². The fraction of sp³-hybridized carbons (Fsp3) is 0.308. The number of nitrogens with zero attached hydrogens (tertiary/aromatic N) is 3. The Morgan fingerprint density at radius 1 is 1.29 bits per heavy atom. The number of hydrazine groups is 1. The summed E-state index contributed by atoms with van der Waals surface area (Å²) < 4.78 is 5.05. The Balaban J connectivity index is 2.17. The van der Waals surface area contributed by atoms with E-state index < -0.39 is 5.66 Å². The quantitative estimate of drug-likeness (QED) is 0.725. The first-order valence-corrected chi connectivity index (χ1v) is 6.28. The lowest BCUT2D eigenvalue weighted by Gasteiger charge is -2.37. The molecule has 0 saturated heterocycles. The van der Waals surface area contributed by atoms with Gasteiger partial charge in [-0.05, 0) is 38.1 Å². The van der Waals surface area contributed by atoms with Crippen LogP contribution in [0.4, 0.5) is 0 Å². The Bertz CT molecular complexity index is 606. The first-order chi connectivity index (χ1) is 9.83. The predicted octanol–water partition coefficient (Wildman–Crippen LogP) is 0.0211. The third-order valence-corrected chi connectivity index (χ3v) is 2.96. The van der Waals surface area contributed by atoms with Crippen LogP contribution in [-0.2, 0) is 0 Å². The molecule has 1 aliphatic heterocycles. The summed E-state index contributed by atoms with van der Waals surface area (Å²) in [6.45, 7) is 3.52. The first kappa shape index (κ1) is 14.6. The maximum Gasteiger partial charge on any atom is 0.269 e. The van der Waals surface area contributed by atoms with E-state index >= 15 is 0 Å². The number of carbonyl (C=O) groups is 1. The topological polar surface area (TPSA) is 118 Å². The second-order valence-corrected chi connectivity index (χ2v) is 4.94. The molecule has 0 radical (unpaired) electrons. The van der Waals surface area contributed by atoms with Crippen LogP contribution >= 0.6 is 0 Å². The zero-order valence-electron chi connectivity index (χ0n) is 12.1. The molecule has 1 amide bonds. The van der Waals surface area contributed by atoms with Crippen molar-refractivity contribution in [1.82, 2.24) is 10.4 Å². The van der Waals surface area contributed by atoms with Gasteiger partial charge in [0.2, 0.25) is 11.9 Å². The number of benzene rings is 1. The minimum absolute atomic E-state index is 0.0763. The molecule has 0 atom stereocenters. The molecule has 0 aromatic heterocycles. The lowest BCUT2D eigenvalue weighted by atomic mass is 10.2. The summed E-state index contributed by atoms with van der Waals surface area (Å²) in [4.78, 5) is 20.2. The number of amides is 1. The van der Waals surface area contributed by atoms with Gasteiger partial charge in [-0.25, -0.2) is 10.0 Å². The van der Waals surface area contributed by atoms with Gasteiger partial charge in [-0.3, -0.25) is 10.2 Å². The minimum atomic E-state index is -0.821. The molecular weight excluding hydrogens is 272 g/mol. The maximum atomic E-state index is 12.2. The molecule has 5 N–H and O–H groups in total. The van der Waals surface area contributed by atoms with Crippen LogP contribution in [0.2, 0.25) is 0 Å². The van der Waals surface area contributed by atoms with E-state index in [0.717, 1.165) is 0 Å². The van der Waals surface area contributed by atoms with Crippen molar-refractivity contribution in [2.24, 2.45) is 21.5 Å². The van der Waals surface area contributed by atoms with Gasteiger partial charge in [-0.2, -0.15) is 4.99 Å². The molecular formula is C13H18N6O2. The van der Waals surface area contributed by atoms with Crippen molar-refractivity contribution in [3.8, 4) is 5.75 Å². The Morgan fingerprint density at radius 2 is 1.90 bits per heavy atom. The van der Waals surface area contributed by atoms with Crippen molar-refractivity contribution >= 4 is 17.8 Å². The Morgan fingerprint density at radius 3 is 2.43 bits per heavy atom. The molecule has 1 aliphatic rings. The highest BCUT2D eigenvalue weighted by Gasteiger charge is 2.33. The molecule has 1 aromatic rings. The molecule has 0 fully saturated rings. The Hall–Kier alpha value is -2.77. The van der Waals surface area contributed by atoms with E-state index in [-0.39, 0.29) is 17.8 Å². The van der Waals surface area contributed by atoms with Gasteiger partial charge >= 0.3 is 0 Å². The van der Waals surface area contributed by atoms with Gasteiger partial charge in [0.05, 0.1) is 7.11 Å². The molecule has 0 spiro atoms. The van der Waals surface area contributed by atoms with Gasteiger partial charge in [-0.15, -0.1) is 0 Å². The number of nitrogens with two attached hydrogens (primary N) is 2. The smallest absolute Gasteiger partial charge is 0.269 e. The fourth-order valence-corrected chi connectivity index (χ4v) is 1.91. The van der Waals surface area contributed by atoms with Gasteiger partial charge in [0.25, 0.3) is 5.91 Å². The fourth-order valence-electron chi connectivity index (χ4n) is 1.91. The van der Waals surface area contributed by atoms with Crippen LogP contribution in [-0.4, -0.2) is 35.6 Å². The van der Waals surface area contributed by atoms with Gasteiger partial charge in [0, 0.05) is 5.56 Å². The summed E-state index contributed by atoms with van der Waals surface area (Å²) in [5.74, 6) is 0.490. The van der Waals surface area contributed by atoms with E-state index in [1.807, 2.05) is 0 Å². The summed E-state index contributed by atoms with van der Waals surface area (Å²) in [5, 5.41) is 1.37. The highest BCUT2D eigenvalue weighted by atomic mass is 16.5. The zero-order chi connectivity index (χ0) is 15.6. The largest absolute Gasteiger partial charge is 0.497 e. The molecule has 0 saturated carbocycles. The van der Waals surface area contributed by atoms with Crippen LogP contribution < -0.4 is 21.6 Å². The van der Waals surface area contributed by atoms with E-state index in [9.17, 15) is 4.79 Å². The minimum Gasteiger partial charge on any atom is -0.497 e. The molecule has 8 heteroatoms. The molecule has 8 nitrogen and oxygen atoms in total. The van der Waals surface area contributed by atoms with Gasteiger partial charge in [0.1, 0.15) is 5.75 Å². The van der Waals surface area contributed by atoms with Crippen LogP contribution in [0.1, 0.15) is 24.2 Å². The molecule has 1 aromatic carbocycles. The van der Waals surface area contributed by atoms with Crippen LogP contribution in [0.15, 0.2) is 34.3 Å². The van der Waals surface area contributed by atoms with Crippen molar-refractivity contribution < 1.29 is 9.53 Å². The second-order valence-electron chi connectivity index (χ2n) is 4.94. The third kappa shape index (κ3) is 3.04. The molecule has 21 heavy (non-hydrogen) atoms. The zero-order valence-corrected chi connectivity index (χ0v) is 12.1. The van der Waals surface area contributed by atoms with Crippen LogP contribution in [0.25, 0.3) is 0 Å². The van der Waals surface area contributed by atoms with Crippen LogP contribution in [0, 0.1) is 0 Å². The highest BCUT2D eigenvalue weighted by molar-refractivity contribution is 5.99. The average molecular weight is 290 g/mol. The molecule has 0 bridgehead atoms. The average Bonchev–Trinajstić information content (AvgIpc) is 2.42. The van der Waals surface area contributed by atoms with Crippen LogP contribution in [0.5, 0.6) is 5.75 Å². The molecule has 0 aliphatic carbocycles. The van der Waals surface area contributed by atoms with E-state index in [0.29, 0.717) is 11.3 Å². The number of nitrogens with one attached hydrogen (secondary N) is 1. The molecule has 112 valence electrons. The standard InChI is InChI=1S/C13H18N6O2/c1-13(2)17-11(14)16-12(15)19(13)18-10(20)8-4-6-9(21-3)7-5-8/h4-7H,1-3H3,(H,18,20)(H4,14,15,16,17). The second kappa shape index (κ2) is 5.31. The molecule has 1 heterocycles. The monoisotopic (exact) mass is 290 g/mol. The summed E-state index contributed by atoms with van der Waals surface area (Å²) in [7, 11) is 1.56. The summed E-state index contributed by atoms with van der Waals surface area (Å²) in [6, 6.07) is 6.69. The van der Waals surface area contributed by atoms with Crippen LogP contribution in [0.3, 0.4) is 0 Å². The number of carbonyl (C=O) groups excluding carboxylic acids is 1. The van der Waals surface area contributed by atoms with E-state index in [2.05, 4.69) is 15.4 Å². The highest BCUT2D eigenvalue weighted by Crippen LogP contribution is 2.18. The predicted molar refractivity (Wildman–Crippen MR) is 79.6 cm³/mol. The summed E-state index contributed by atoms with van der Waals surface area (Å²) in [6.07, 6.45) is 0. The van der Waals surface area contributed by atoms with Crippen molar-refractivity contribution in [2.45, 2.75) is 19.5 Å². The maximum absolute atomic E-state index is 12.2. The lowest BCUT2D eigenvalue weighted by molar-refractivity contribution is 0.0752. The van der Waals surface area contributed by atoms with Gasteiger partial charge in [0.15, 0.2) is 5.66 Å². The number of aliphatic imine (C=N–C) groups is 2. The third-order valence-electron chi connectivity index (χ3n) is 2.96. The first-order valence-electron chi connectivity index (χ1n) is 6.28. The van der Waals surface area contributed by atoms with Gasteiger partial charge in [-0.1, -0.05) is 0 Å². The summed E-state index contributed by atoms with van der Waals surface area (Å²) >= 11 is 0.